The van der Waals surface area contributed by atoms with E-state index in [2.05, 4.69) is 5.32 Å². The molecule has 1 N–H and O–H groups in total. The van der Waals surface area contributed by atoms with Crippen molar-refractivity contribution >= 4 is 38.0 Å². The van der Waals surface area contributed by atoms with E-state index in [0.717, 1.165) is 11.1 Å². The highest BCUT2D eigenvalue weighted by Gasteiger charge is 2.36. The first-order valence-electron chi connectivity index (χ1n) is 7.92. The fourth-order valence-electron chi connectivity index (χ4n) is 3.10. The number of para-hydroxylation sites is 1. The molecule has 0 saturated heterocycles. The van der Waals surface area contributed by atoms with Gasteiger partial charge < -0.3 is 5.32 Å². The van der Waals surface area contributed by atoms with Crippen LogP contribution in [0.25, 0.3) is 10.8 Å². The molecular weight excluding hydrogens is 336 g/mol. The van der Waals surface area contributed by atoms with Gasteiger partial charge in [-0.25, -0.2) is 8.42 Å². The summed E-state index contributed by atoms with van der Waals surface area (Å²) in [6, 6.07) is 20.0. The number of hydrogen-bond acceptors (Lipinski definition) is 4. The summed E-state index contributed by atoms with van der Waals surface area (Å²) in [5.74, 6) is -0.197. The third-order valence-electron chi connectivity index (χ3n) is 4.26. The second-order valence-electron chi connectivity index (χ2n) is 5.90. The molecule has 0 atom stereocenters. The summed E-state index contributed by atoms with van der Waals surface area (Å²) >= 11 is 0. The molecule has 0 saturated carbocycles. The van der Waals surface area contributed by atoms with Crippen molar-refractivity contribution in [1.29, 1.82) is 0 Å². The van der Waals surface area contributed by atoms with Gasteiger partial charge in [-0.3, -0.25) is 9.10 Å². The topological polar surface area (TPSA) is 66.5 Å². The van der Waals surface area contributed by atoms with E-state index in [1.54, 1.807) is 18.2 Å². The first-order chi connectivity index (χ1) is 12.1. The molecule has 5 nitrogen and oxygen atoms in total. The average Bonchev–Trinajstić information content (AvgIpc) is 2.84. The Hall–Kier alpha value is -2.86. The highest BCUT2D eigenvalue weighted by Crippen LogP contribution is 2.41. The monoisotopic (exact) mass is 352 g/mol. The van der Waals surface area contributed by atoms with Crippen molar-refractivity contribution < 1.29 is 13.2 Å². The van der Waals surface area contributed by atoms with Gasteiger partial charge in [-0.15, -0.1) is 0 Å². The van der Waals surface area contributed by atoms with Crippen LogP contribution in [0.3, 0.4) is 0 Å². The lowest BCUT2D eigenvalue weighted by Crippen LogP contribution is -2.35. The van der Waals surface area contributed by atoms with Gasteiger partial charge >= 0.3 is 0 Å². The minimum atomic E-state index is -3.69. The van der Waals surface area contributed by atoms with Crippen molar-refractivity contribution in [3.8, 4) is 0 Å². The summed E-state index contributed by atoms with van der Waals surface area (Å²) in [5.41, 5.74) is 1.40. The lowest BCUT2D eigenvalue weighted by Gasteiger charge is -2.18. The summed E-state index contributed by atoms with van der Waals surface area (Å²) < 4.78 is 26.9. The number of anilines is 2. The maximum atomic E-state index is 12.8. The highest BCUT2D eigenvalue weighted by molar-refractivity contribution is 7.93. The molecular formula is C19H16N2O3S. The number of rotatable bonds is 5. The predicted octanol–water partition coefficient (Wildman–Crippen LogP) is 3.03. The van der Waals surface area contributed by atoms with Crippen molar-refractivity contribution in [2.45, 2.75) is 4.90 Å². The molecule has 1 heterocycles. The lowest BCUT2D eigenvalue weighted by molar-refractivity contribution is -0.116. The van der Waals surface area contributed by atoms with Crippen LogP contribution >= 0.6 is 0 Å². The molecule has 0 aliphatic carbocycles. The molecule has 25 heavy (non-hydrogen) atoms. The van der Waals surface area contributed by atoms with Crippen molar-refractivity contribution in [1.82, 2.24) is 0 Å². The van der Waals surface area contributed by atoms with Gasteiger partial charge in [0.2, 0.25) is 0 Å². The summed E-state index contributed by atoms with van der Waals surface area (Å²) in [6.45, 7) is -0.113. The molecule has 0 bridgehead atoms. The van der Waals surface area contributed by atoms with Gasteiger partial charge in [-0.2, -0.15) is 0 Å². The van der Waals surface area contributed by atoms with E-state index in [9.17, 15) is 13.2 Å². The van der Waals surface area contributed by atoms with E-state index in [0.29, 0.717) is 11.1 Å². The van der Waals surface area contributed by atoms with Crippen LogP contribution in [0.2, 0.25) is 0 Å². The molecule has 0 aromatic heterocycles. The van der Waals surface area contributed by atoms with E-state index in [1.807, 2.05) is 48.5 Å². The van der Waals surface area contributed by atoms with E-state index >= 15 is 0 Å². The predicted molar refractivity (Wildman–Crippen MR) is 98.4 cm³/mol. The Morgan fingerprint density at radius 1 is 0.920 bits per heavy atom. The average molecular weight is 352 g/mol. The lowest BCUT2D eigenvalue weighted by atomic mass is 10.1. The number of benzene rings is 3. The number of nitrogens with zero attached hydrogens (tertiary/aromatic N) is 1. The van der Waals surface area contributed by atoms with Crippen LogP contribution in [0.5, 0.6) is 0 Å². The Kier molecular flexibility index (Phi) is 3.69. The molecule has 126 valence electrons. The van der Waals surface area contributed by atoms with Gasteiger partial charge in [-0.05, 0) is 29.7 Å². The third kappa shape index (κ3) is 2.64. The van der Waals surface area contributed by atoms with Crippen LogP contribution in [0.15, 0.2) is 71.6 Å². The van der Waals surface area contributed by atoms with Crippen molar-refractivity contribution in [2.75, 3.05) is 22.7 Å². The first kappa shape index (κ1) is 15.7. The van der Waals surface area contributed by atoms with E-state index in [1.165, 1.54) is 4.31 Å². The van der Waals surface area contributed by atoms with E-state index < -0.39 is 10.0 Å². The van der Waals surface area contributed by atoms with E-state index in [-0.39, 0.29) is 23.8 Å². The molecule has 0 unspecified atom stereocenters. The largest absolute Gasteiger partial charge is 0.378 e. The number of carbonyl (C=O) groups excluding carboxylic acids is 1. The van der Waals surface area contributed by atoms with Gasteiger partial charge in [0.05, 0.1) is 23.7 Å². The molecule has 6 heteroatoms. The molecule has 3 aromatic rings. The van der Waals surface area contributed by atoms with Gasteiger partial charge in [0.15, 0.2) is 5.78 Å². The van der Waals surface area contributed by atoms with Crippen molar-refractivity contribution in [2.24, 2.45) is 0 Å². The standard InChI is InChI=1S/C19H16N2O3S/c22-16(12-20-15-8-2-1-3-9-15)13-21-17-10-4-6-14-7-5-11-18(19(14)17)25(21,23)24/h1-11,20H,12-13H2. The smallest absolute Gasteiger partial charge is 0.265 e. The molecule has 1 aliphatic heterocycles. The molecule has 4 rings (SSSR count). The molecule has 0 radical (unpaired) electrons. The number of carbonyl (C=O) groups is 1. The molecule has 3 aromatic carbocycles. The molecule has 1 aliphatic rings. The summed E-state index contributed by atoms with van der Waals surface area (Å²) in [5, 5.41) is 4.57. The fourth-order valence-corrected chi connectivity index (χ4v) is 4.79. The van der Waals surface area contributed by atoms with Gasteiger partial charge in [0, 0.05) is 11.1 Å². The number of Topliss-reactive ketones (excluding diaryl/α,β-unsaturated/α-hetero) is 1. The second kappa shape index (κ2) is 5.89. The van der Waals surface area contributed by atoms with Crippen LogP contribution < -0.4 is 9.62 Å². The normalized spacial score (nSPS) is 14.6. The number of nitrogens with one attached hydrogen (secondary N) is 1. The Balaban J connectivity index is 1.59. The van der Waals surface area contributed by atoms with Crippen molar-refractivity contribution in [3.63, 3.8) is 0 Å². The summed E-state index contributed by atoms with van der Waals surface area (Å²) in [4.78, 5) is 12.6. The fraction of sp³-hybridized carbons (Fsp3) is 0.105. The first-order valence-corrected chi connectivity index (χ1v) is 9.36. The van der Waals surface area contributed by atoms with Crippen molar-refractivity contribution in [3.05, 3.63) is 66.7 Å². The van der Waals surface area contributed by atoms with Crippen LogP contribution in [-0.2, 0) is 14.8 Å². The Morgan fingerprint density at radius 2 is 1.64 bits per heavy atom. The SMILES string of the molecule is O=C(CNc1ccccc1)CN1c2cccc3cccc(c23)S1(=O)=O. The van der Waals surface area contributed by atoms with Crippen LogP contribution in [-0.4, -0.2) is 27.3 Å². The van der Waals surface area contributed by atoms with Crippen LogP contribution in [0, 0.1) is 0 Å². The second-order valence-corrected chi connectivity index (χ2v) is 7.73. The number of ketones is 1. The molecule has 0 spiro atoms. The maximum absolute atomic E-state index is 12.8. The number of hydrogen-bond donors (Lipinski definition) is 1. The third-order valence-corrected chi connectivity index (χ3v) is 6.07. The zero-order valence-corrected chi connectivity index (χ0v) is 14.2. The summed E-state index contributed by atoms with van der Waals surface area (Å²) in [6.07, 6.45) is 0. The zero-order chi connectivity index (χ0) is 17.4. The quantitative estimate of drug-likeness (QED) is 0.766. The van der Waals surface area contributed by atoms with Crippen LogP contribution in [0.1, 0.15) is 0 Å². The number of sulfonamides is 1. The van der Waals surface area contributed by atoms with Gasteiger partial charge in [0.1, 0.15) is 0 Å². The minimum Gasteiger partial charge on any atom is -0.378 e. The maximum Gasteiger partial charge on any atom is 0.265 e. The highest BCUT2D eigenvalue weighted by atomic mass is 32.2. The zero-order valence-electron chi connectivity index (χ0n) is 13.3. The molecule has 0 amide bonds. The van der Waals surface area contributed by atoms with Gasteiger partial charge in [-0.1, -0.05) is 42.5 Å². The Bertz CT molecular complexity index is 1060. The van der Waals surface area contributed by atoms with E-state index in [4.69, 9.17) is 0 Å². The minimum absolute atomic E-state index is 0.0718. The Morgan fingerprint density at radius 3 is 2.40 bits per heavy atom. The van der Waals surface area contributed by atoms with Crippen LogP contribution in [0.4, 0.5) is 11.4 Å². The Labute approximate surface area is 145 Å². The molecule has 0 fully saturated rings. The summed E-state index contributed by atoms with van der Waals surface area (Å²) in [7, 11) is -3.69. The van der Waals surface area contributed by atoms with Gasteiger partial charge in [0.25, 0.3) is 10.0 Å².